The van der Waals surface area contributed by atoms with Crippen LogP contribution in [0.5, 0.6) is 11.5 Å². The van der Waals surface area contributed by atoms with Crippen molar-refractivity contribution in [3.8, 4) is 11.5 Å². The minimum Gasteiger partial charge on any atom is -0.493 e. The lowest BCUT2D eigenvalue weighted by atomic mass is 9.71. The van der Waals surface area contributed by atoms with Crippen LogP contribution in [0, 0.1) is 0 Å². The SMILES string of the molecule is COc1c(Cl)cccc1NC(=S)C1=C(NCc2ccncc2OCC2COC(C)(C)CO2)CC2(CCC2)NC1=O. The van der Waals surface area contributed by atoms with Crippen LogP contribution in [-0.2, 0) is 20.8 Å². The Labute approximate surface area is 244 Å². The molecule has 2 aromatic rings. The number of pyridine rings is 1. The highest BCUT2D eigenvalue weighted by Gasteiger charge is 2.44. The normalized spacial score (nSPS) is 21.3. The molecule has 40 heavy (non-hydrogen) atoms. The van der Waals surface area contributed by atoms with Gasteiger partial charge in [0.2, 0.25) is 0 Å². The van der Waals surface area contributed by atoms with Gasteiger partial charge in [-0.25, -0.2) is 0 Å². The van der Waals surface area contributed by atoms with Crippen molar-refractivity contribution in [3.05, 3.63) is 58.5 Å². The highest BCUT2D eigenvalue weighted by Crippen LogP contribution is 2.41. The summed E-state index contributed by atoms with van der Waals surface area (Å²) in [7, 11) is 1.54. The van der Waals surface area contributed by atoms with E-state index in [-0.39, 0.29) is 23.2 Å². The molecule has 1 atom stereocenters. The van der Waals surface area contributed by atoms with Crippen molar-refractivity contribution in [2.45, 2.75) is 63.3 Å². The van der Waals surface area contributed by atoms with Crippen LogP contribution in [0.4, 0.5) is 5.69 Å². The van der Waals surface area contributed by atoms with Crippen LogP contribution in [0.15, 0.2) is 47.9 Å². The summed E-state index contributed by atoms with van der Waals surface area (Å²) in [4.78, 5) is 17.9. The molecule has 2 aliphatic heterocycles. The highest BCUT2D eigenvalue weighted by atomic mass is 35.5. The molecule has 11 heteroatoms. The first-order chi connectivity index (χ1) is 19.2. The van der Waals surface area contributed by atoms with Gasteiger partial charge in [0, 0.05) is 36.0 Å². The van der Waals surface area contributed by atoms with E-state index in [2.05, 4.69) is 20.9 Å². The number of carbonyl (C=O) groups excluding carboxylic acids is 1. The number of nitrogens with one attached hydrogen (secondary N) is 3. The number of ether oxygens (including phenoxy) is 4. The maximum atomic E-state index is 13.4. The van der Waals surface area contributed by atoms with Crippen molar-refractivity contribution in [2.24, 2.45) is 0 Å². The third-order valence-corrected chi connectivity index (χ3v) is 8.10. The molecule has 1 amide bonds. The molecular formula is C29H35ClN4O5S. The molecule has 2 fully saturated rings. The number of hydrogen-bond donors (Lipinski definition) is 3. The number of carbonyl (C=O) groups is 1. The number of thiocarbonyl (C=S) groups is 1. The van der Waals surface area contributed by atoms with Gasteiger partial charge in [0.25, 0.3) is 5.91 Å². The van der Waals surface area contributed by atoms with E-state index in [4.69, 9.17) is 42.8 Å². The van der Waals surface area contributed by atoms with Gasteiger partial charge < -0.3 is 34.9 Å². The first-order valence-corrected chi connectivity index (χ1v) is 14.2. The summed E-state index contributed by atoms with van der Waals surface area (Å²) in [6.45, 7) is 5.77. The highest BCUT2D eigenvalue weighted by molar-refractivity contribution is 7.81. The fourth-order valence-corrected chi connectivity index (χ4v) is 5.68. The molecule has 1 saturated heterocycles. The monoisotopic (exact) mass is 586 g/mol. The molecule has 9 nitrogen and oxygen atoms in total. The molecule has 1 spiro atoms. The zero-order valence-electron chi connectivity index (χ0n) is 23.0. The number of anilines is 1. The number of benzene rings is 1. The van der Waals surface area contributed by atoms with Gasteiger partial charge in [-0.3, -0.25) is 9.78 Å². The summed E-state index contributed by atoms with van der Waals surface area (Å²) in [5.74, 6) is 0.909. The summed E-state index contributed by atoms with van der Waals surface area (Å²) in [6.07, 6.45) is 6.87. The van der Waals surface area contributed by atoms with Crippen molar-refractivity contribution >= 4 is 40.4 Å². The maximum absolute atomic E-state index is 13.4. The standard InChI is InChI=1S/C29H35ClN4O5S/c1-28(2)17-38-19(16-39-28)15-37-23-14-31-11-8-18(23)13-32-22-12-29(9-5-10-29)34-26(35)24(22)27(40)33-21-7-4-6-20(30)25(21)36-3/h4,6-8,11,14,19,32H,5,9-10,12-13,15-17H2,1-3H3,(H,33,40)(H,34,35). The number of rotatable bonds is 9. The summed E-state index contributed by atoms with van der Waals surface area (Å²) >= 11 is 12.0. The number of nitrogens with zero attached hydrogens (tertiary/aromatic N) is 1. The smallest absolute Gasteiger partial charge is 0.256 e. The van der Waals surface area contributed by atoms with Gasteiger partial charge in [-0.1, -0.05) is 29.9 Å². The number of para-hydroxylation sites is 1. The predicted molar refractivity (Wildman–Crippen MR) is 157 cm³/mol. The van der Waals surface area contributed by atoms with Gasteiger partial charge in [0.05, 0.1) is 48.4 Å². The number of aromatic nitrogens is 1. The fourth-order valence-electron chi connectivity index (χ4n) is 5.10. The van der Waals surface area contributed by atoms with E-state index < -0.39 is 0 Å². The maximum Gasteiger partial charge on any atom is 0.256 e. The first kappa shape index (κ1) is 28.6. The average Bonchev–Trinajstić information content (AvgIpc) is 2.90. The zero-order chi connectivity index (χ0) is 28.3. The molecule has 3 heterocycles. The molecule has 1 aromatic carbocycles. The zero-order valence-corrected chi connectivity index (χ0v) is 24.5. The van der Waals surface area contributed by atoms with Crippen LogP contribution >= 0.6 is 23.8 Å². The summed E-state index contributed by atoms with van der Waals surface area (Å²) in [6, 6.07) is 7.24. The van der Waals surface area contributed by atoms with Crippen LogP contribution in [0.25, 0.3) is 0 Å². The molecule has 3 N–H and O–H groups in total. The van der Waals surface area contributed by atoms with Crippen molar-refractivity contribution in [2.75, 3.05) is 32.2 Å². The molecule has 1 unspecified atom stereocenters. The third kappa shape index (κ3) is 6.35. The van der Waals surface area contributed by atoms with Gasteiger partial charge in [0.1, 0.15) is 23.4 Å². The van der Waals surface area contributed by atoms with Crippen molar-refractivity contribution in [3.63, 3.8) is 0 Å². The van der Waals surface area contributed by atoms with E-state index in [0.29, 0.717) is 65.6 Å². The molecule has 3 aliphatic rings. The number of amides is 1. The van der Waals surface area contributed by atoms with Crippen LogP contribution in [-0.4, -0.2) is 60.1 Å². The van der Waals surface area contributed by atoms with E-state index in [1.807, 2.05) is 26.0 Å². The van der Waals surface area contributed by atoms with Crippen molar-refractivity contribution in [1.82, 2.24) is 15.6 Å². The van der Waals surface area contributed by atoms with Gasteiger partial charge in [-0.15, -0.1) is 0 Å². The second kappa shape index (κ2) is 11.9. The molecule has 0 bridgehead atoms. The summed E-state index contributed by atoms with van der Waals surface area (Å²) < 4.78 is 23.3. The van der Waals surface area contributed by atoms with Gasteiger partial charge in [-0.2, -0.15) is 0 Å². The van der Waals surface area contributed by atoms with Gasteiger partial charge in [-0.05, 0) is 51.3 Å². The molecule has 0 radical (unpaired) electrons. The predicted octanol–water partition coefficient (Wildman–Crippen LogP) is 4.54. The topological polar surface area (TPSA) is 103 Å². The molecule has 1 aromatic heterocycles. The summed E-state index contributed by atoms with van der Waals surface area (Å²) in [5.41, 5.74) is 2.16. The lowest BCUT2D eigenvalue weighted by Crippen LogP contribution is -2.58. The Balaban J connectivity index is 1.33. The van der Waals surface area contributed by atoms with Crippen LogP contribution < -0.4 is 25.4 Å². The van der Waals surface area contributed by atoms with Crippen molar-refractivity contribution in [1.29, 1.82) is 0 Å². The summed E-state index contributed by atoms with van der Waals surface area (Å²) in [5, 5.41) is 10.3. The van der Waals surface area contributed by atoms with Gasteiger partial charge >= 0.3 is 0 Å². The van der Waals surface area contributed by atoms with E-state index in [1.54, 1.807) is 24.5 Å². The second-order valence-corrected chi connectivity index (χ2v) is 11.9. The fraction of sp³-hybridized carbons (Fsp3) is 0.483. The Morgan fingerprint density at radius 3 is 2.83 bits per heavy atom. The Hall–Kier alpha value is -2.92. The minimum atomic E-state index is -0.289. The van der Waals surface area contributed by atoms with Crippen molar-refractivity contribution < 1.29 is 23.7 Å². The number of halogens is 1. The Kier molecular flexibility index (Phi) is 8.51. The Morgan fingerprint density at radius 1 is 1.30 bits per heavy atom. The molecule has 5 rings (SSSR count). The van der Waals surface area contributed by atoms with Crippen LogP contribution in [0.2, 0.25) is 5.02 Å². The molecule has 1 aliphatic carbocycles. The number of hydrogen-bond acceptors (Lipinski definition) is 8. The molecule has 1 saturated carbocycles. The lowest BCUT2D eigenvalue weighted by molar-refractivity contribution is -0.181. The van der Waals surface area contributed by atoms with E-state index >= 15 is 0 Å². The largest absolute Gasteiger partial charge is 0.493 e. The van der Waals surface area contributed by atoms with Crippen LogP contribution in [0.3, 0.4) is 0 Å². The van der Waals surface area contributed by atoms with E-state index in [0.717, 1.165) is 30.5 Å². The molecular weight excluding hydrogens is 552 g/mol. The Bertz CT molecular complexity index is 1300. The second-order valence-electron chi connectivity index (χ2n) is 11.0. The van der Waals surface area contributed by atoms with E-state index in [1.165, 1.54) is 7.11 Å². The molecule has 214 valence electrons. The average molecular weight is 587 g/mol. The van der Waals surface area contributed by atoms with Crippen LogP contribution in [0.1, 0.15) is 45.1 Å². The Morgan fingerprint density at radius 2 is 2.12 bits per heavy atom. The van der Waals surface area contributed by atoms with E-state index in [9.17, 15) is 4.79 Å². The first-order valence-electron chi connectivity index (χ1n) is 13.4. The minimum absolute atomic E-state index is 0.157. The number of methoxy groups -OCH3 is 1. The van der Waals surface area contributed by atoms with Gasteiger partial charge in [0.15, 0.2) is 5.75 Å². The quantitative estimate of drug-likeness (QED) is 0.365. The lowest BCUT2D eigenvalue weighted by Gasteiger charge is -2.46. The third-order valence-electron chi connectivity index (χ3n) is 7.49.